The van der Waals surface area contributed by atoms with Crippen molar-refractivity contribution >= 4 is 0 Å². The maximum absolute atomic E-state index is 11.1. The second-order valence-electron chi connectivity index (χ2n) is 13.3. The first-order valence-corrected chi connectivity index (χ1v) is 17.6. The zero-order valence-corrected chi connectivity index (χ0v) is 32.1. The fraction of sp³-hybridized carbons (Fsp3) is 0.429. The van der Waals surface area contributed by atoms with Crippen LogP contribution in [0.3, 0.4) is 0 Å². The third-order valence-electron chi connectivity index (χ3n) is 10.1. The van der Waals surface area contributed by atoms with E-state index < -0.39 is 24.4 Å². The van der Waals surface area contributed by atoms with Gasteiger partial charge in [0.2, 0.25) is 0 Å². The van der Waals surface area contributed by atoms with Crippen LogP contribution in [0.15, 0.2) is 72.8 Å². The van der Waals surface area contributed by atoms with E-state index in [1.807, 2.05) is 36.4 Å². The molecule has 0 aliphatic carbocycles. The van der Waals surface area contributed by atoms with Crippen LogP contribution in [0.4, 0.5) is 0 Å². The van der Waals surface area contributed by atoms with Crippen molar-refractivity contribution in [2.45, 2.75) is 64.3 Å². The Morgan fingerprint density at radius 1 is 0.453 bits per heavy atom. The van der Waals surface area contributed by atoms with Gasteiger partial charge in [-0.15, -0.1) is 0 Å². The van der Waals surface area contributed by atoms with Crippen LogP contribution in [0.1, 0.15) is 74.4 Å². The third kappa shape index (κ3) is 8.38. The molecule has 11 heteroatoms. The molecule has 0 amide bonds. The predicted molar refractivity (Wildman–Crippen MR) is 200 cm³/mol. The highest BCUT2D eigenvalue weighted by Crippen LogP contribution is 2.51. The lowest BCUT2D eigenvalue weighted by atomic mass is 9.85. The molecule has 0 radical (unpaired) electrons. The van der Waals surface area contributed by atoms with Crippen molar-refractivity contribution < 1.29 is 52.8 Å². The molecule has 0 bridgehead atoms. The normalized spacial score (nSPS) is 20.5. The van der Waals surface area contributed by atoms with Gasteiger partial charge in [0, 0.05) is 0 Å². The standard InChI is InChI=1S/C42H52O11/c1-23-24(2)42(30-14-18-34(38(22-30)50-10)52-26(4)40(44)28-12-16-32(46-6)36(20-28)48-8)53-41(23)29-13-17-33(37(21-29)49-9)51-25(3)39(43)27-11-15-31(45-5)35(19-27)47-7/h11-26,39-44H,1-10H3/t23-,24+,25+,26-,39-,40-,41-,42-/m0/s1. The molecule has 0 aromatic heterocycles. The molecule has 286 valence electrons. The molecule has 11 nitrogen and oxygen atoms in total. The van der Waals surface area contributed by atoms with Crippen molar-refractivity contribution in [2.24, 2.45) is 11.8 Å². The average Bonchev–Trinajstić information content (AvgIpc) is 3.49. The van der Waals surface area contributed by atoms with Gasteiger partial charge in [-0.05, 0) is 96.5 Å². The van der Waals surface area contributed by atoms with Crippen LogP contribution in [0.2, 0.25) is 0 Å². The Morgan fingerprint density at radius 2 is 0.774 bits per heavy atom. The van der Waals surface area contributed by atoms with Crippen LogP contribution in [-0.2, 0) is 4.74 Å². The Bertz CT molecular complexity index is 1700. The highest BCUT2D eigenvalue weighted by Gasteiger charge is 2.41. The second kappa shape index (κ2) is 17.3. The highest BCUT2D eigenvalue weighted by molar-refractivity contribution is 5.48. The van der Waals surface area contributed by atoms with Crippen molar-refractivity contribution in [1.82, 2.24) is 0 Å². The van der Waals surface area contributed by atoms with E-state index in [-0.39, 0.29) is 24.0 Å². The van der Waals surface area contributed by atoms with Gasteiger partial charge in [0.05, 0.1) is 54.9 Å². The molecule has 1 heterocycles. The largest absolute Gasteiger partial charge is 0.493 e. The van der Waals surface area contributed by atoms with Crippen LogP contribution in [0, 0.1) is 11.8 Å². The predicted octanol–water partition coefficient (Wildman–Crippen LogP) is 7.82. The van der Waals surface area contributed by atoms with E-state index >= 15 is 0 Å². The van der Waals surface area contributed by atoms with Crippen molar-refractivity contribution in [2.75, 3.05) is 42.7 Å². The molecule has 5 rings (SSSR count). The third-order valence-corrected chi connectivity index (χ3v) is 10.1. The first-order chi connectivity index (χ1) is 25.5. The molecule has 53 heavy (non-hydrogen) atoms. The fourth-order valence-electron chi connectivity index (χ4n) is 6.78. The second-order valence-corrected chi connectivity index (χ2v) is 13.3. The van der Waals surface area contributed by atoms with Crippen LogP contribution in [-0.4, -0.2) is 65.1 Å². The Morgan fingerprint density at radius 3 is 1.11 bits per heavy atom. The molecule has 0 saturated carbocycles. The number of aliphatic hydroxyl groups excluding tert-OH is 2. The molecule has 4 aromatic rings. The summed E-state index contributed by atoms with van der Waals surface area (Å²) in [7, 11) is 9.43. The Labute approximate surface area is 312 Å². The van der Waals surface area contributed by atoms with Crippen molar-refractivity contribution in [3.63, 3.8) is 0 Å². The summed E-state index contributed by atoms with van der Waals surface area (Å²) < 4.78 is 52.2. The Balaban J connectivity index is 1.29. The lowest BCUT2D eigenvalue weighted by Gasteiger charge is -2.24. The lowest BCUT2D eigenvalue weighted by molar-refractivity contribution is 0.0281. The van der Waals surface area contributed by atoms with Gasteiger partial charge in [-0.2, -0.15) is 0 Å². The number of hydrogen-bond acceptors (Lipinski definition) is 11. The molecule has 1 aliphatic rings. The molecule has 1 saturated heterocycles. The van der Waals surface area contributed by atoms with Crippen molar-refractivity contribution in [3.8, 4) is 46.0 Å². The summed E-state index contributed by atoms with van der Waals surface area (Å²) in [5, 5.41) is 22.2. The lowest BCUT2D eigenvalue weighted by Crippen LogP contribution is -2.22. The number of aliphatic hydroxyl groups is 2. The van der Waals surface area contributed by atoms with Gasteiger partial charge in [-0.1, -0.05) is 38.1 Å². The maximum Gasteiger partial charge on any atom is 0.161 e. The Kier molecular flexibility index (Phi) is 12.9. The highest BCUT2D eigenvalue weighted by atomic mass is 16.5. The summed E-state index contributed by atoms with van der Waals surface area (Å²) in [6.07, 6.45) is -3.49. The summed E-state index contributed by atoms with van der Waals surface area (Å²) in [5.41, 5.74) is 3.18. The summed E-state index contributed by atoms with van der Waals surface area (Å²) in [5.74, 6) is 4.62. The van der Waals surface area contributed by atoms with E-state index in [0.717, 1.165) is 11.1 Å². The van der Waals surface area contributed by atoms with Gasteiger partial charge in [0.15, 0.2) is 46.0 Å². The zero-order valence-electron chi connectivity index (χ0n) is 32.1. The van der Waals surface area contributed by atoms with Crippen LogP contribution in [0.25, 0.3) is 0 Å². The first-order valence-electron chi connectivity index (χ1n) is 17.6. The van der Waals surface area contributed by atoms with Gasteiger partial charge in [-0.3, -0.25) is 0 Å². The quantitative estimate of drug-likeness (QED) is 0.117. The minimum Gasteiger partial charge on any atom is -0.493 e. The summed E-state index contributed by atoms with van der Waals surface area (Å²) in [4.78, 5) is 0. The summed E-state index contributed by atoms with van der Waals surface area (Å²) >= 11 is 0. The number of hydrogen-bond donors (Lipinski definition) is 2. The number of methoxy groups -OCH3 is 6. The molecular formula is C42H52O11. The minimum absolute atomic E-state index is 0.167. The molecule has 1 fully saturated rings. The van der Waals surface area contributed by atoms with Crippen molar-refractivity contribution in [3.05, 3.63) is 95.1 Å². The number of benzene rings is 4. The first kappa shape index (κ1) is 39.4. The van der Waals surface area contributed by atoms with Crippen LogP contribution in [0.5, 0.6) is 46.0 Å². The van der Waals surface area contributed by atoms with Gasteiger partial charge < -0.3 is 52.8 Å². The van der Waals surface area contributed by atoms with Gasteiger partial charge in [0.25, 0.3) is 0 Å². The van der Waals surface area contributed by atoms with E-state index in [4.69, 9.17) is 42.6 Å². The smallest absolute Gasteiger partial charge is 0.161 e. The molecular weight excluding hydrogens is 680 g/mol. The molecule has 2 N–H and O–H groups in total. The van der Waals surface area contributed by atoms with E-state index in [1.165, 1.54) is 0 Å². The zero-order chi connectivity index (χ0) is 38.4. The van der Waals surface area contributed by atoms with Crippen LogP contribution < -0.4 is 37.9 Å². The molecule has 0 spiro atoms. The summed E-state index contributed by atoms with van der Waals surface area (Å²) in [6.45, 7) is 7.96. The van der Waals surface area contributed by atoms with E-state index in [0.29, 0.717) is 57.1 Å². The minimum atomic E-state index is -0.932. The molecule has 8 atom stereocenters. The van der Waals surface area contributed by atoms with E-state index in [2.05, 4.69) is 13.8 Å². The van der Waals surface area contributed by atoms with Gasteiger partial charge in [0.1, 0.15) is 24.4 Å². The molecule has 0 unspecified atom stereocenters. The SMILES string of the molecule is COc1ccc([C@@H](O)[C@H](C)Oc2ccc([C@H]3O[C@H](c4ccc(O[C@H](C)[C@H](O)c5ccc(OC)c(OC)c5)c(OC)c4)[C@@H](C)[C@H]3C)cc2OC)cc1OC. The van der Waals surface area contributed by atoms with Gasteiger partial charge in [-0.25, -0.2) is 0 Å². The number of ether oxygens (including phenoxy) is 9. The van der Waals surface area contributed by atoms with Gasteiger partial charge >= 0.3 is 0 Å². The maximum atomic E-state index is 11.1. The Hall–Kier alpha value is -4.84. The average molecular weight is 733 g/mol. The summed E-state index contributed by atoms with van der Waals surface area (Å²) in [6, 6.07) is 22.1. The van der Waals surface area contributed by atoms with Crippen LogP contribution >= 0.6 is 0 Å². The molecule has 1 aliphatic heterocycles. The fourth-order valence-corrected chi connectivity index (χ4v) is 6.78. The van der Waals surface area contributed by atoms with E-state index in [9.17, 15) is 10.2 Å². The topological polar surface area (TPSA) is 124 Å². The van der Waals surface area contributed by atoms with E-state index in [1.54, 1.807) is 92.9 Å². The monoisotopic (exact) mass is 732 g/mol. The van der Waals surface area contributed by atoms with Crippen molar-refractivity contribution in [1.29, 1.82) is 0 Å². The molecule has 4 aromatic carbocycles. The number of rotatable bonds is 16.